The molecular weight excluding hydrogens is 240 g/mol. The van der Waals surface area contributed by atoms with Crippen molar-refractivity contribution in [2.45, 2.75) is 74.1 Å². The summed E-state index contributed by atoms with van der Waals surface area (Å²) in [6.45, 7) is 21.4. The van der Waals surface area contributed by atoms with Crippen molar-refractivity contribution < 1.29 is 0 Å². The van der Waals surface area contributed by atoms with Crippen molar-refractivity contribution in [3.63, 3.8) is 0 Å². The van der Waals surface area contributed by atoms with E-state index in [0.717, 1.165) is 23.7 Å². The van der Waals surface area contributed by atoms with Gasteiger partial charge < -0.3 is 0 Å². The maximum absolute atomic E-state index is 4.50. The molecule has 2 saturated carbocycles. The highest BCUT2D eigenvalue weighted by Crippen LogP contribution is 2.94. The van der Waals surface area contributed by atoms with Crippen molar-refractivity contribution in [1.29, 1.82) is 0 Å². The summed E-state index contributed by atoms with van der Waals surface area (Å²) >= 11 is 0. The first-order valence-electron chi connectivity index (χ1n) is 8.95. The van der Waals surface area contributed by atoms with E-state index in [1.165, 1.54) is 25.7 Å². The number of hydrogen-bond donors (Lipinski definition) is 0. The molecule has 6 unspecified atom stereocenters. The Bertz CT molecular complexity index is 379. The molecule has 2 fully saturated rings. The fourth-order valence-electron chi connectivity index (χ4n) is 5.39. The normalized spacial score (nSPS) is 41.2. The van der Waals surface area contributed by atoms with Gasteiger partial charge in [0.2, 0.25) is 0 Å². The Kier molecular flexibility index (Phi) is 4.17. The van der Waals surface area contributed by atoms with Gasteiger partial charge in [0, 0.05) is 0 Å². The van der Waals surface area contributed by atoms with Crippen LogP contribution in [0.4, 0.5) is 0 Å². The summed E-state index contributed by atoms with van der Waals surface area (Å²) in [6, 6.07) is 0. The lowest BCUT2D eigenvalue weighted by Gasteiger charge is -2.36. The molecule has 0 aromatic heterocycles. The molecule has 20 heavy (non-hydrogen) atoms. The zero-order chi connectivity index (χ0) is 15.3. The van der Waals surface area contributed by atoms with E-state index >= 15 is 0 Å². The Morgan fingerprint density at radius 1 is 1.15 bits per heavy atom. The first-order valence-corrected chi connectivity index (χ1v) is 8.95. The van der Waals surface area contributed by atoms with Crippen LogP contribution in [0.15, 0.2) is 12.2 Å². The molecule has 2 rings (SSSR count). The van der Waals surface area contributed by atoms with Gasteiger partial charge in [-0.1, -0.05) is 73.5 Å². The summed E-state index contributed by atoms with van der Waals surface area (Å²) in [5.74, 6) is 4.13. The minimum Gasteiger partial charge on any atom is -0.0993 e. The second kappa shape index (κ2) is 5.18. The molecule has 0 aliphatic heterocycles. The molecule has 0 aromatic carbocycles. The summed E-state index contributed by atoms with van der Waals surface area (Å²) in [6.07, 6.45) is 5.44. The number of unbranched alkanes of at least 4 members (excludes halogenated alkanes) is 1. The van der Waals surface area contributed by atoms with Gasteiger partial charge in [-0.25, -0.2) is 0 Å². The molecule has 116 valence electrons. The summed E-state index contributed by atoms with van der Waals surface area (Å²) in [7, 11) is 0. The maximum Gasteiger partial charge on any atom is -0.0143 e. The Morgan fingerprint density at radius 2 is 1.70 bits per heavy atom. The van der Waals surface area contributed by atoms with Crippen molar-refractivity contribution in [3.8, 4) is 0 Å². The molecule has 2 aliphatic carbocycles. The van der Waals surface area contributed by atoms with Gasteiger partial charge in [0.15, 0.2) is 0 Å². The van der Waals surface area contributed by atoms with Crippen molar-refractivity contribution >= 4 is 0 Å². The largest absolute Gasteiger partial charge is 0.0993 e. The molecule has 0 heterocycles. The molecule has 0 saturated heterocycles. The molecule has 0 spiro atoms. The van der Waals surface area contributed by atoms with Gasteiger partial charge in [-0.2, -0.15) is 0 Å². The van der Waals surface area contributed by atoms with Crippen LogP contribution in [-0.4, -0.2) is 0 Å². The van der Waals surface area contributed by atoms with Gasteiger partial charge in [0.25, 0.3) is 0 Å². The minimum absolute atomic E-state index is 0.646. The quantitative estimate of drug-likeness (QED) is 0.455. The molecule has 6 atom stereocenters. The van der Waals surface area contributed by atoms with Gasteiger partial charge >= 0.3 is 0 Å². The zero-order valence-electron chi connectivity index (χ0n) is 14.9. The van der Waals surface area contributed by atoms with E-state index in [9.17, 15) is 0 Å². The van der Waals surface area contributed by atoms with Crippen LogP contribution in [-0.2, 0) is 0 Å². The average Bonchev–Trinajstić information content (AvgIpc) is 3.19. The molecule has 0 radical (unpaired) electrons. The molecule has 0 N–H and O–H groups in total. The van der Waals surface area contributed by atoms with Crippen LogP contribution in [0.1, 0.15) is 74.1 Å². The number of allylic oxidation sites excluding steroid dienone is 1. The predicted molar refractivity (Wildman–Crippen MR) is 89.6 cm³/mol. The van der Waals surface area contributed by atoms with Crippen LogP contribution in [0, 0.1) is 40.4 Å². The molecule has 0 heteroatoms. The molecule has 0 bridgehead atoms. The Balaban J connectivity index is 2.05. The Hall–Kier alpha value is -0.260. The lowest BCUT2D eigenvalue weighted by atomic mass is 9.68. The molecule has 2 aliphatic rings. The van der Waals surface area contributed by atoms with E-state index in [2.05, 4.69) is 55.0 Å². The first-order chi connectivity index (χ1) is 9.27. The van der Waals surface area contributed by atoms with E-state index < -0.39 is 0 Å². The van der Waals surface area contributed by atoms with E-state index in [1.54, 1.807) is 5.57 Å². The minimum atomic E-state index is 0.646. The third-order valence-electron chi connectivity index (χ3n) is 7.25. The van der Waals surface area contributed by atoms with Crippen LogP contribution in [0.3, 0.4) is 0 Å². The smallest absolute Gasteiger partial charge is 0.0143 e. The third-order valence-corrected chi connectivity index (χ3v) is 7.25. The van der Waals surface area contributed by atoms with E-state index in [-0.39, 0.29) is 0 Å². The molecule has 0 nitrogen and oxygen atoms in total. The van der Waals surface area contributed by atoms with Gasteiger partial charge in [-0.05, 0) is 53.3 Å². The van der Waals surface area contributed by atoms with Crippen molar-refractivity contribution in [2.75, 3.05) is 0 Å². The van der Waals surface area contributed by atoms with Gasteiger partial charge in [0.05, 0.1) is 0 Å². The highest BCUT2D eigenvalue weighted by atomic mass is 14.9. The Morgan fingerprint density at radius 3 is 2.10 bits per heavy atom. The maximum atomic E-state index is 4.50. The average molecular weight is 277 g/mol. The summed E-state index contributed by atoms with van der Waals surface area (Å²) in [5, 5.41) is 0. The van der Waals surface area contributed by atoms with Crippen molar-refractivity contribution in [2.24, 2.45) is 40.4 Å². The third kappa shape index (κ3) is 2.01. The van der Waals surface area contributed by atoms with Crippen LogP contribution < -0.4 is 0 Å². The van der Waals surface area contributed by atoms with E-state index in [1.807, 2.05) is 0 Å². The molecular formula is C20H36. The fourth-order valence-corrected chi connectivity index (χ4v) is 5.39. The Labute approximate surface area is 127 Å². The zero-order valence-corrected chi connectivity index (χ0v) is 14.9. The number of rotatable bonds is 8. The summed E-state index contributed by atoms with van der Waals surface area (Å²) in [5.41, 5.74) is 2.85. The lowest BCUT2D eigenvalue weighted by Crippen LogP contribution is -2.29. The standard InChI is InChI=1S/C20H36/c1-9-11-12-19(7)18-17(20(18,19)8)16(13(3)4)15(6)14(5)10-2/h13-14,16-18H,6,9-12H2,1-5,7-8H3. The SMILES string of the molecule is C=C(C(C)CC)C(C(C)C)C1C2C(C)(CCCC)C12C. The molecule has 0 amide bonds. The summed E-state index contributed by atoms with van der Waals surface area (Å²) < 4.78 is 0. The monoisotopic (exact) mass is 276 g/mol. The second-order valence-corrected chi connectivity index (χ2v) is 8.46. The van der Waals surface area contributed by atoms with Crippen LogP contribution in [0.2, 0.25) is 0 Å². The second-order valence-electron chi connectivity index (χ2n) is 8.46. The van der Waals surface area contributed by atoms with Gasteiger partial charge in [-0.15, -0.1) is 0 Å². The predicted octanol–water partition coefficient (Wildman–Crippen LogP) is 6.32. The van der Waals surface area contributed by atoms with Crippen LogP contribution in [0.25, 0.3) is 0 Å². The topological polar surface area (TPSA) is 0 Å². The van der Waals surface area contributed by atoms with Crippen molar-refractivity contribution in [1.82, 2.24) is 0 Å². The summed E-state index contributed by atoms with van der Waals surface area (Å²) in [4.78, 5) is 0. The number of hydrogen-bond acceptors (Lipinski definition) is 0. The van der Waals surface area contributed by atoms with Crippen LogP contribution in [0.5, 0.6) is 0 Å². The van der Waals surface area contributed by atoms with Crippen LogP contribution >= 0.6 is 0 Å². The lowest BCUT2D eigenvalue weighted by molar-refractivity contribution is 0.170. The van der Waals surface area contributed by atoms with E-state index in [0.29, 0.717) is 16.7 Å². The van der Waals surface area contributed by atoms with E-state index in [4.69, 9.17) is 0 Å². The highest BCUT2D eigenvalue weighted by Gasteiger charge is 2.90. The fraction of sp³-hybridized carbons (Fsp3) is 0.900. The van der Waals surface area contributed by atoms with Crippen molar-refractivity contribution in [3.05, 3.63) is 12.2 Å². The highest BCUT2D eigenvalue weighted by molar-refractivity contribution is 5.39. The van der Waals surface area contributed by atoms with Gasteiger partial charge in [0.1, 0.15) is 0 Å². The molecule has 0 aromatic rings. The first kappa shape index (κ1) is 16.1. The number of fused-ring (bicyclic) bond motifs is 1. The van der Waals surface area contributed by atoms with Gasteiger partial charge in [-0.3, -0.25) is 0 Å².